The summed E-state index contributed by atoms with van der Waals surface area (Å²) in [5, 5.41) is 1.69. The van der Waals surface area contributed by atoms with E-state index in [2.05, 4.69) is 6.58 Å². The lowest BCUT2D eigenvalue weighted by molar-refractivity contribution is 0.628. The fourth-order valence-electron chi connectivity index (χ4n) is 2.50. The predicted octanol–water partition coefficient (Wildman–Crippen LogP) is 5.75. The second-order valence-electron chi connectivity index (χ2n) is 5.01. The van der Waals surface area contributed by atoms with Gasteiger partial charge >= 0.3 is 0 Å². The average Bonchev–Trinajstić information content (AvgIpc) is 2.90. The molecule has 2 nitrogen and oxygen atoms in total. The molecular formula is C18H17Cl2NO. The molecular weight excluding hydrogens is 317 g/mol. The van der Waals surface area contributed by atoms with Crippen molar-refractivity contribution < 1.29 is 4.42 Å². The van der Waals surface area contributed by atoms with Gasteiger partial charge in [-0.25, -0.2) is 0 Å². The molecule has 1 unspecified atom stereocenters. The summed E-state index contributed by atoms with van der Waals surface area (Å²) in [6, 6.07) is 15.6. The van der Waals surface area contributed by atoms with Crippen molar-refractivity contribution in [3.8, 4) is 11.3 Å². The SMILES string of the molecule is C=CCC(N)c1ccccc1-c1cc2cc(Cl)ccc2o1.Cl. The highest BCUT2D eigenvalue weighted by Crippen LogP contribution is 2.33. The molecule has 0 radical (unpaired) electrons. The summed E-state index contributed by atoms with van der Waals surface area (Å²) < 4.78 is 5.94. The van der Waals surface area contributed by atoms with Gasteiger partial charge < -0.3 is 10.2 Å². The first-order valence-corrected chi connectivity index (χ1v) is 7.21. The summed E-state index contributed by atoms with van der Waals surface area (Å²) in [6.07, 6.45) is 2.56. The summed E-state index contributed by atoms with van der Waals surface area (Å²) in [7, 11) is 0. The molecule has 0 fully saturated rings. The van der Waals surface area contributed by atoms with Crippen molar-refractivity contribution in [2.45, 2.75) is 12.5 Å². The van der Waals surface area contributed by atoms with Gasteiger partial charge in [-0.1, -0.05) is 41.9 Å². The van der Waals surface area contributed by atoms with Crippen molar-refractivity contribution in [3.05, 3.63) is 71.8 Å². The number of fused-ring (bicyclic) bond motifs is 1. The molecule has 114 valence electrons. The lowest BCUT2D eigenvalue weighted by atomic mass is 9.97. The molecule has 1 atom stereocenters. The first kappa shape index (κ1) is 16.6. The van der Waals surface area contributed by atoms with Crippen molar-refractivity contribution in [1.82, 2.24) is 0 Å². The Balaban J connectivity index is 0.00000176. The molecule has 3 aromatic rings. The third kappa shape index (κ3) is 3.20. The van der Waals surface area contributed by atoms with Crippen LogP contribution in [0.4, 0.5) is 0 Å². The van der Waals surface area contributed by atoms with Gasteiger partial charge in [-0.05, 0) is 36.2 Å². The van der Waals surface area contributed by atoms with Crippen LogP contribution in [0.3, 0.4) is 0 Å². The summed E-state index contributed by atoms with van der Waals surface area (Å²) >= 11 is 6.02. The van der Waals surface area contributed by atoms with Crippen LogP contribution in [0, 0.1) is 0 Å². The second-order valence-corrected chi connectivity index (χ2v) is 5.45. The highest BCUT2D eigenvalue weighted by molar-refractivity contribution is 6.31. The van der Waals surface area contributed by atoms with Gasteiger partial charge in [0.05, 0.1) is 0 Å². The largest absolute Gasteiger partial charge is 0.456 e. The molecule has 1 heterocycles. The van der Waals surface area contributed by atoms with Gasteiger partial charge in [-0.2, -0.15) is 0 Å². The van der Waals surface area contributed by atoms with E-state index in [0.717, 1.165) is 34.3 Å². The Labute approximate surface area is 141 Å². The van der Waals surface area contributed by atoms with Gasteiger partial charge in [0.25, 0.3) is 0 Å². The molecule has 0 aliphatic carbocycles. The van der Waals surface area contributed by atoms with Gasteiger partial charge in [0.15, 0.2) is 0 Å². The van der Waals surface area contributed by atoms with Crippen molar-refractivity contribution in [2.75, 3.05) is 0 Å². The quantitative estimate of drug-likeness (QED) is 0.617. The Bertz CT molecular complexity index is 795. The van der Waals surface area contributed by atoms with Gasteiger partial charge in [-0.3, -0.25) is 0 Å². The highest BCUT2D eigenvalue weighted by atomic mass is 35.5. The molecule has 0 amide bonds. The molecule has 2 aromatic carbocycles. The Kier molecular flexibility index (Phi) is 5.30. The average molecular weight is 334 g/mol. The zero-order chi connectivity index (χ0) is 14.8. The van der Waals surface area contributed by atoms with Gasteiger partial charge in [0.2, 0.25) is 0 Å². The Hall–Kier alpha value is -1.74. The maximum Gasteiger partial charge on any atom is 0.135 e. The van der Waals surface area contributed by atoms with Crippen LogP contribution in [0.25, 0.3) is 22.3 Å². The van der Waals surface area contributed by atoms with E-state index < -0.39 is 0 Å². The third-order valence-electron chi connectivity index (χ3n) is 3.52. The lowest BCUT2D eigenvalue weighted by Crippen LogP contribution is -2.10. The Morgan fingerprint density at radius 1 is 1.18 bits per heavy atom. The number of nitrogens with two attached hydrogens (primary N) is 1. The standard InChI is InChI=1S/C18H16ClNO.ClH/c1-2-5-16(20)14-6-3-4-7-15(14)18-11-12-10-13(19)8-9-17(12)21-18;/h2-4,6-11,16H,1,5,20H2;1H. The summed E-state index contributed by atoms with van der Waals surface area (Å²) in [5.74, 6) is 0.808. The van der Waals surface area contributed by atoms with Crippen molar-refractivity contribution in [1.29, 1.82) is 0 Å². The maximum atomic E-state index is 6.23. The Morgan fingerprint density at radius 3 is 2.73 bits per heavy atom. The van der Waals surface area contributed by atoms with Crippen LogP contribution in [0.15, 0.2) is 65.6 Å². The number of hydrogen-bond acceptors (Lipinski definition) is 2. The van der Waals surface area contributed by atoms with Crippen LogP contribution in [0.2, 0.25) is 5.02 Å². The minimum absolute atomic E-state index is 0. The van der Waals surface area contributed by atoms with E-state index in [1.165, 1.54) is 0 Å². The Morgan fingerprint density at radius 2 is 1.95 bits per heavy atom. The third-order valence-corrected chi connectivity index (χ3v) is 3.76. The van der Waals surface area contributed by atoms with Gasteiger partial charge in [-0.15, -0.1) is 19.0 Å². The summed E-state index contributed by atoms with van der Waals surface area (Å²) in [5.41, 5.74) is 9.12. The van der Waals surface area contributed by atoms with Crippen LogP contribution < -0.4 is 5.73 Å². The van der Waals surface area contributed by atoms with Crippen LogP contribution in [-0.4, -0.2) is 0 Å². The lowest BCUT2D eigenvalue weighted by Gasteiger charge is -2.13. The molecule has 1 aromatic heterocycles. The normalized spacial score (nSPS) is 11.9. The monoisotopic (exact) mass is 333 g/mol. The fraction of sp³-hybridized carbons (Fsp3) is 0.111. The van der Waals surface area contributed by atoms with Crippen LogP contribution in [0.5, 0.6) is 0 Å². The number of benzene rings is 2. The minimum Gasteiger partial charge on any atom is -0.456 e. The molecule has 0 saturated heterocycles. The van der Waals surface area contributed by atoms with Gasteiger partial charge in [0, 0.05) is 22.0 Å². The zero-order valence-corrected chi connectivity index (χ0v) is 13.5. The van der Waals surface area contributed by atoms with Crippen LogP contribution in [-0.2, 0) is 0 Å². The molecule has 2 N–H and O–H groups in total. The molecule has 22 heavy (non-hydrogen) atoms. The smallest absolute Gasteiger partial charge is 0.135 e. The van der Waals surface area contributed by atoms with E-state index in [1.54, 1.807) is 0 Å². The van der Waals surface area contributed by atoms with E-state index in [9.17, 15) is 0 Å². The maximum absolute atomic E-state index is 6.23. The van der Waals surface area contributed by atoms with Crippen molar-refractivity contribution >= 4 is 35.0 Å². The molecule has 0 aliphatic rings. The van der Waals surface area contributed by atoms with E-state index in [4.69, 9.17) is 21.8 Å². The number of rotatable bonds is 4. The summed E-state index contributed by atoms with van der Waals surface area (Å²) in [6.45, 7) is 3.75. The molecule has 3 rings (SSSR count). The van der Waals surface area contributed by atoms with E-state index in [-0.39, 0.29) is 18.4 Å². The topological polar surface area (TPSA) is 39.2 Å². The van der Waals surface area contributed by atoms with Crippen molar-refractivity contribution in [3.63, 3.8) is 0 Å². The van der Waals surface area contributed by atoms with E-state index in [0.29, 0.717) is 5.02 Å². The zero-order valence-electron chi connectivity index (χ0n) is 12.0. The van der Waals surface area contributed by atoms with Crippen LogP contribution >= 0.6 is 24.0 Å². The number of furan rings is 1. The van der Waals surface area contributed by atoms with Crippen molar-refractivity contribution in [2.24, 2.45) is 5.73 Å². The number of halogens is 2. The second kappa shape index (κ2) is 7.01. The van der Waals surface area contributed by atoms with E-state index >= 15 is 0 Å². The molecule has 0 aliphatic heterocycles. The first-order valence-electron chi connectivity index (χ1n) is 6.84. The van der Waals surface area contributed by atoms with Crippen LogP contribution in [0.1, 0.15) is 18.0 Å². The first-order chi connectivity index (χ1) is 10.2. The fourth-order valence-corrected chi connectivity index (χ4v) is 2.68. The molecule has 4 heteroatoms. The molecule has 0 saturated carbocycles. The highest BCUT2D eigenvalue weighted by Gasteiger charge is 2.14. The van der Waals surface area contributed by atoms with E-state index in [1.807, 2.05) is 54.6 Å². The van der Waals surface area contributed by atoms with Gasteiger partial charge in [0.1, 0.15) is 11.3 Å². The molecule has 0 spiro atoms. The molecule has 0 bridgehead atoms. The predicted molar refractivity (Wildman–Crippen MR) is 95.7 cm³/mol. The summed E-state index contributed by atoms with van der Waals surface area (Å²) in [4.78, 5) is 0. The number of hydrogen-bond donors (Lipinski definition) is 1. The minimum atomic E-state index is -0.0875.